The number of benzene rings is 2. The minimum absolute atomic E-state index is 0.308. The Labute approximate surface area is 195 Å². The van der Waals surface area contributed by atoms with Gasteiger partial charge < -0.3 is 50.7 Å². The van der Waals surface area contributed by atoms with Gasteiger partial charge in [-0.05, 0) is 18.6 Å². The number of ether oxygens (including phenoxy) is 1. The van der Waals surface area contributed by atoms with E-state index in [0.29, 0.717) is 6.07 Å². The summed E-state index contributed by atoms with van der Waals surface area (Å²) in [5.74, 6) is -8.24. The number of rotatable bonds is 3. The van der Waals surface area contributed by atoms with Crippen molar-refractivity contribution in [1.29, 1.82) is 0 Å². The highest BCUT2D eigenvalue weighted by Gasteiger charge is 2.48. The predicted octanol–water partition coefficient (Wildman–Crippen LogP) is -1.19. The van der Waals surface area contributed by atoms with Crippen LogP contribution in [0.1, 0.15) is 59.4 Å². The second-order valence-corrected chi connectivity index (χ2v) is 8.24. The lowest BCUT2D eigenvalue weighted by Crippen LogP contribution is -2.55. The van der Waals surface area contributed by atoms with Gasteiger partial charge in [0.2, 0.25) is 0 Å². The molecule has 1 aliphatic heterocycles. The van der Waals surface area contributed by atoms with Crippen LogP contribution in [0.2, 0.25) is 0 Å². The number of phenolic OH excluding ortho intramolecular Hbond substituents is 3. The fraction of sp³-hybridized carbons (Fsp3) is 0.318. The second kappa shape index (κ2) is 8.18. The van der Waals surface area contributed by atoms with Crippen LogP contribution in [0.15, 0.2) is 6.07 Å². The highest BCUT2D eigenvalue weighted by atomic mass is 16.5. The number of aliphatic hydroxyl groups excluding tert-OH is 4. The zero-order valence-electron chi connectivity index (χ0n) is 17.8. The van der Waals surface area contributed by atoms with E-state index in [1.807, 2.05) is 0 Å². The lowest BCUT2D eigenvalue weighted by molar-refractivity contribution is -0.232. The van der Waals surface area contributed by atoms with Gasteiger partial charge in [-0.3, -0.25) is 9.59 Å². The molecule has 13 nitrogen and oxygen atoms in total. The molecule has 1 saturated heterocycles. The van der Waals surface area contributed by atoms with Gasteiger partial charge in [0.05, 0.1) is 23.3 Å². The van der Waals surface area contributed by atoms with Gasteiger partial charge in [-0.15, -0.1) is 0 Å². The predicted molar refractivity (Wildman–Crippen MR) is 111 cm³/mol. The smallest absolute Gasteiger partial charge is 0.339 e. The van der Waals surface area contributed by atoms with E-state index in [1.165, 1.54) is 0 Å². The minimum Gasteiger partial charge on any atom is -0.507 e. The molecule has 9 N–H and O–H groups in total. The summed E-state index contributed by atoms with van der Waals surface area (Å²) in [7, 11) is 0. The number of aromatic carboxylic acids is 1. The third-order valence-corrected chi connectivity index (χ3v) is 6.33. The van der Waals surface area contributed by atoms with Gasteiger partial charge in [0.25, 0.3) is 0 Å². The van der Waals surface area contributed by atoms with E-state index in [4.69, 9.17) is 4.74 Å². The summed E-state index contributed by atoms with van der Waals surface area (Å²) < 4.78 is 5.30. The molecule has 2 aromatic carbocycles. The highest BCUT2D eigenvalue weighted by molar-refractivity contribution is 6.31. The molecule has 2 aliphatic rings. The lowest BCUT2D eigenvalue weighted by Gasteiger charge is -2.40. The maximum absolute atomic E-state index is 13.4. The third kappa shape index (κ3) is 3.25. The first-order valence-electron chi connectivity index (χ1n) is 10.2. The molecule has 1 fully saturated rings. The van der Waals surface area contributed by atoms with Crippen LogP contribution in [-0.2, 0) is 4.74 Å². The first-order chi connectivity index (χ1) is 16.3. The van der Waals surface area contributed by atoms with Crippen molar-refractivity contribution in [1.82, 2.24) is 0 Å². The highest BCUT2D eigenvalue weighted by Crippen LogP contribution is 2.52. The molecule has 0 bridgehead atoms. The summed E-state index contributed by atoms with van der Waals surface area (Å²) in [6.45, 7) is 0.291. The summed E-state index contributed by atoms with van der Waals surface area (Å²) in [6, 6.07) is 0.716. The van der Waals surface area contributed by atoms with E-state index in [2.05, 4.69) is 0 Å². The normalized spacial score (nSPS) is 25.8. The maximum atomic E-state index is 13.4. The Morgan fingerprint density at radius 3 is 2.06 bits per heavy atom. The summed E-state index contributed by atoms with van der Waals surface area (Å²) in [5, 5.41) is 91.5. The summed E-state index contributed by atoms with van der Waals surface area (Å²) in [5.41, 5.74) is -4.49. The Morgan fingerprint density at radius 1 is 0.886 bits per heavy atom. The molecule has 4 rings (SSSR count). The molecule has 0 unspecified atom stereocenters. The van der Waals surface area contributed by atoms with E-state index < -0.39 is 111 Å². The van der Waals surface area contributed by atoms with Gasteiger partial charge in [0.15, 0.2) is 23.1 Å². The van der Waals surface area contributed by atoms with Crippen molar-refractivity contribution >= 4 is 17.5 Å². The van der Waals surface area contributed by atoms with Crippen LogP contribution >= 0.6 is 0 Å². The van der Waals surface area contributed by atoms with E-state index in [9.17, 15) is 60.3 Å². The molecule has 0 aromatic heterocycles. The zero-order chi connectivity index (χ0) is 26.1. The van der Waals surface area contributed by atoms with Gasteiger partial charge in [0, 0.05) is 11.1 Å². The standard InChI is InChI=1S/C22H20O13/c1-4-8-5(2-6(24)9(4)22(33)34)13(25)10-11(15(8)27)16(28)12(18(30)17(10)29)21-20(32)19(31)14(26)7(3-23)35-21/h2,7,14,19-21,23-24,26,28-32H,3H2,1H3,(H,33,34)/t7-,14+,19+,20-,21+/m1/s1. The molecule has 186 valence electrons. The van der Waals surface area contributed by atoms with Crippen molar-refractivity contribution in [3.63, 3.8) is 0 Å². The quantitative estimate of drug-likeness (QED) is 0.154. The number of hydrogen-bond acceptors (Lipinski definition) is 12. The Morgan fingerprint density at radius 2 is 1.49 bits per heavy atom. The Balaban J connectivity index is 1.99. The first-order valence-corrected chi connectivity index (χ1v) is 10.2. The van der Waals surface area contributed by atoms with Crippen molar-refractivity contribution < 1.29 is 65.1 Å². The molecule has 0 spiro atoms. The second-order valence-electron chi connectivity index (χ2n) is 8.24. The lowest BCUT2D eigenvalue weighted by atomic mass is 9.77. The molecule has 13 heteroatoms. The van der Waals surface area contributed by atoms with Crippen LogP contribution in [0.25, 0.3) is 0 Å². The molecule has 35 heavy (non-hydrogen) atoms. The van der Waals surface area contributed by atoms with Crippen LogP contribution in [-0.4, -0.2) is 94.5 Å². The number of hydrogen-bond donors (Lipinski definition) is 9. The van der Waals surface area contributed by atoms with Crippen molar-refractivity contribution in [3.8, 4) is 23.0 Å². The number of carbonyl (C=O) groups is 3. The summed E-state index contributed by atoms with van der Waals surface area (Å²) >= 11 is 0. The van der Waals surface area contributed by atoms with Crippen LogP contribution in [0.5, 0.6) is 23.0 Å². The minimum atomic E-state index is -2.03. The van der Waals surface area contributed by atoms with Gasteiger partial charge in [-0.25, -0.2) is 4.79 Å². The van der Waals surface area contributed by atoms with Gasteiger partial charge in [0.1, 0.15) is 47.6 Å². The number of ketones is 2. The van der Waals surface area contributed by atoms with Crippen LogP contribution in [0, 0.1) is 6.92 Å². The average molecular weight is 492 g/mol. The summed E-state index contributed by atoms with van der Waals surface area (Å²) in [4.78, 5) is 38.1. The third-order valence-electron chi connectivity index (χ3n) is 6.33. The molecule has 2 aromatic rings. The number of aromatic hydroxyl groups is 4. The number of carboxylic acids is 1. The van der Waals surface area contributed by atoms with Crippen molar-refractivity contribution in [3.05, 3.63) is 45.0 Å². The number of fused-ring (bicyclic) bond motifs is 2. The fourth-order valence-electron chi connectivity index (χ4n) is 4.58. The molecular formula is C22H20O13. The van der Waals surface area contributed by atoms with Crippen LogP contribution in [0.3, 0.4) is 0 Å². The summed E-state index contributed by atoms with van der Waals surface area (Å²) in [6.07, 6.45) is -9.12. The first kappa shape index (κ1) is 24.4. The van der Waals surface area contributed by atoms with Gasteiger partial charge in [-0.1, -0.05) is 0 Å². The number of carbonyl (C=O) groups excluding carboxylic acids is 2. The van der Waals surface area contributed by atoms with Crippen LogP contribution < -0.4 is 0 Å². The van der Waals surface area contributed by atoms with E-state index in [-0.39, 0.29) is 5.56 Å². The Bertz CT molecular complexity index is 1300. The fourth-order valence-corrected chi connectivity index (χ4v) is 4.58. The molecule has 0 amide bonds. The van der Waals surface area contributed by atoms with E-state index >= 15 is 0 Å². The molecule has 0 radical (unpaired) electrons. The number of carboxylic acid groups (broad SMARTS) is 1. The van der Waals surface area contributed by atoms with Crippen molar-refractivity contribution in [2.45, 2.75) is 37.4 Å². The SMILES string of the molecule is Cc1c(C(=O)O)c(O)cc2c1C(=O)c1c(O)c([C@@H]3O[C@H](CO)[C@H](O)[C@H](O)[C@H]3O)c(O)c(O)c1C2=O. The molecule has 1 aliphatic carbocycles. The van der Waals surface area contributed by atoms with Crippen molar-refractivity contribution in [2.75, 3.05) is 6.61 Å². The van der Waals surface area contributed by atoms with E-state index in [1.54, 1.807) is 0 Å². The molecule has 0 saturated carbocycles. The van der Waals surface area contributed by atoms with Crippen molar-refractivity contribution in [2.24, 2.45) is 0 Å². The van der Waals surface area contributed by atoms with Gasteiger partial charge in [-0.2, -0.15) is 0 Å². The maximum Gasteiger partial charge on any atom is 0.339 e. The van der Waals surface area contributed by atoms with E-state index in [0.717, 1.165) is 6.92 Å². The molecule has 1 heterocycles. The topological polar surface area (TPSA) is 243 Å². The Kier molecular flexibility index (Phi) is 5.70. The van der Waals surface area contributed by atoms with Crippen LogP contribution in [0.4, 0.5) is 0 Å². The number of phenols is 4. The largest absolute Gasteiger partial charge is 0.507 e. The Hall–Kier alpha value is -3.75. The average Bonchev–Trinajstić information content (AvgIpc) is 2.79. The monoisotopic (exact) mass is 492 g/mol. The number of aliphatic hydroxyl groups is 4. The molecular weight excluding hydrogens is 472 g/mol. The molecule has 5 atom stereocenters. The zero-order valence-corrected chi connectivity index (χ0v) is 17.8. The van der Waals surface area contributed by atoms with Gasteiger partial charge >= 0.3 is 5.97 Å².